The standard InChI is InChI=1S/C18H25NO4/c1-3-23-17(21)18(10-12-22-2)9-11-19(14-16(18)20)13-15-7-5-4-6-8-15/h4-8H,3,9-14H2,1-2H3/t18-/m0/s1. The summed E-state index contributed by atoms with van der Waals surface area (Å²) in [4.78, 5) is 27.2. The zero-order valence-electron chi connectivity index (χ0n) is 13.9. The van der Waals surface area contributed by atoms with Gasteiger partial charge in [0.15, 0.2) is 5.78 Å². The number of ketones is 1. The maximum atomic E-state index is 12.7. The molecule has 23 heavy (non-hydrogen) atoms. The number of carbonyl (C=O) groups is 2. The Bertz CT molecular complexity index is 531. The first-order chi connectivity index (χ1) is 11.1. The Hall–Kier alpha value is -1.72. The lowest BCUT2D eigenvalue weighted by molar-refractivity contribution is -0.165. The van der Waals surface area contributed by atoms with Crippen LogP contribution in [0.3, 0.4) is 0 Å². The molecule has 5 heteroatoms. The lowest BCUT2D eigenvalue weighted by Gasteiger charge is -2.38. The highest BCUT2D eigenvalue weighted by Gasteiger charge is 2.49. The van der Waals surface area contributed by atoms with Crippen LogP contribution in [-0.2, 0) is 25.6 Å². The Kier molecular flexibility index (Phi) is 6.30. The molecule has 5 nitrogen and oxygen atoms in total. The quantitative estimate of drug-likeness (QED) is 0.569. The highest BCUT2D eigenvalue weighted by molar-refractivity contribution is 6.05. The number of rotatable bonds is 7. The number of ether oxygens (including phenoxy) is 2. The average Bonchev–Trinajstić information content (AvgIpc) is 2.55. The van der Waals surface area contributed by atoms with Crippen molar-refractivity contribution in [1.82, 2.24) is 4.90 Å². The zero-order chi connectivity index (χ0) is 16.7. The molecule has 1 aromatic carbocycles. The van der Waals surface area contributed by atoms with Crippen molar-refractivity contribution in [1.29, 1.82) is 0 Å². The third-order valence-corrected chi connectivity index (χ3v) is 4.40. The van der Waals surface area contributed by atoms with E-state index in [0.717, 1.165) is 6.54 Å². The highest BCUT2D eigenvalue weighted by atomic mass is 16.5. The summed E-state index contributed by atoms with van der Waals surface area (Å²) in [5.41, 5.74) is 0.125. The van der Waals surface area contributed by atoms with E-state index in [1.165, 1.54) is 5.56 Å². The molecule has 0 N–H and O–H groups in total. The molecule has 0 radical (unpaired) electrons. The number of carbonyl (C=O) groups excluding carboxylic acids is 2. The van der Waals surface area contributed by atoms with Gasteiger partial charge in [-0.05, 0) is 25.3 Å². The summed E-state index contributed by atoms with van der Waals surface area (Å²) in [7, 11) is 1.58. The summed E-state index contributed by atoms with van der Waals surface area (Å²) in [5.74, 6) is -0.461. The predicted molar refractivity (Wildman–Crippen MR) is 86.9 cm³/mol. The van der Waals surface area contributed by atoms with Crippen molar-refractivity contribution in [3.8, 4) is 0 Å². The Labute approximate surface area is 137 Å². The number of hydrogen-bond acceptors (Lipinski definition) is 5. The molecule has 0 bridgehead atoms. The van der Waals surface area contributed by atoms with Gasteiger partial charge in [0, 0.05) is 26.8 Å². The Morgan fingerprint density at radius 1 is 1.30 bits per heavy atom. The normalized spacial score (nSPS) is 22.1. The summed E-state index contributed by atoms with van der Waals surface area (Å²) in [6.45, 7) is 4.12. The lowest BCUT2D eigenvalue weighted by Crippen LogP contribution is -2.52. The van der Waals surface area contributed by atoms with E-state index < -0.39 is 11.4 Å². The van der Waals surface area contributed by atoms with Crippen LogP contribution in [0, 0.1) is 5.41 Å². The minimum atomic E-state index is -1.04. The van der Waals surface area contributed by atoms with E-state index in [9.17, 15) is 9.59 Å². The first kappa shape index (κ1) is 17.6. The number of hydrogen-bond donors (Lipinski definition) is 0. The molecule has 1 aromatic rings. The van der Waals surface area contributed by atoms with Gasteiger partial charge in [0.05, 0.1) is 13.2 Å². The van der Waals surface area contributed by atoms with Gasteiger partial charge in [-0.2, -0.15) is 0 Å². The molecule has 1 aliphatic heterocycles. The predicted octanol–water partition coefficient (Wildman–Crippen LogP) is 2.05. The van der Waals surface area contributed by atoms with Gasteiger partial charge in [-0.1, -0.05) is 30.3 Å². The van der Waals surface area contributed by atoms with Crippen LogP contribution in [0.1, 0.15) is 25.3 Å². The lowest BCUT2D eigenvalue weighted by atomic mass is 9.74. The fourth-order valence-electron chi connectivity index (χ4n) is 3.03. The van der Waals surface area contributed by atoms with Crippen LogP contribution in [0.5, 0.6) is 0 Å². The summed E-state index contributed by atoms with van der Waals surface area (Å²) < 4.78 is 10.3. The molecule has 1 fully saturated rings. The largest absolute Gasteiger partial charge is 0.465 e. The smallest absolute Gasteiger partial charge is 0.319 e. The molecule has 0 spiro atoms. The van der Waals surface area contributed by atoms with Crippen LogP contribution in [0.25, 0.3) is 0 Å². The van der Waals surface area contributed by atoms with Crippen LogP contribution >= 0.6 is 0 Å². The number of methoxy groups -OCH3 is 1. The number of Topliss-reactive ketones (excluding diaryl/α,β-unsaturated/α-hetero) is 1. The Morgan fingerprint density at radius 3 is 2.65 bits per heavy atom. The maximum Gasteiger partial charge on any atom is 0.319 e. The monoisotopic (exact) mass is 319 g/mol. The molecule has 1 atom stereocenters. The first-order valence-corrected chi connectivity index (χ1v) is 8.08. The maximum absolute atomic E-state index is 12.7. The van der Waals surface area contributed by atoms with E-state index >= 15 is 0 Å². The number of piperidine rings is 1. The second kappa shape index (κ2) is 8.22. The summed E-state index contributed by atoms with van der Waals surface area (Å²) in [5, 5.41) is 0. The van der Waals surface area contributed by atoms with E-state index in [4.69, 9.17) is 9.47 Å². The molecule has 0 saturated carbocycles. The molecule has 0 unspecified atom stereocenters. The van der Waals surface area contributed by atoms with Gasteiger partial charge >= 0.3 is 5.97 Å². The summed E-state index contributed by atoms with van der Waals surface area (Å²) in [6.07, 6.45) is 0.876. The molecule has 1 saturated heterocycles. The van der Waals surface area contributed by atoms with Crippen molar-refractivity contribution >= 4 is 11.8 Å². The average molecular weight is 319 g/mol. The van der Waals surface area contributed by atoms with Crippen molar-refractivity contribution < 1.29 is 19.1 Å². The van der Waals surface area contributed by atoms with Crippen molar-refractivity contribution in [2.45, 2.75) is 26.3 Å². The van der Waals surface area contributed by atoms with Crippen molar-refractivity contribution in [2.24, 2.45) is 5.41 Å². The first-order valence-electron chi connectivity index (χ1n) is 8.08. The third-order valence-electron chi connectivity index (χ3n) is 4.40. The molecule has 0 amide bonds. The van der Waals surface area contributed by atoms with Crippen LogP contribution in [0.4, 0.5) is 0 Å². The van der Waals surface area contributed by atoms with Gasteiger partial charge < -0.3 is 9.47 Å². The SMILES string of the molecule is CCOC(=O)[C@]1(CCOC)CCN(Cc2ccccc2)CC1=O. The van der Waals surface area contributed by atoms with E-state index in [1.807, 2.05) is 30.3 Å². The Balaban J connectivity index is 2.06. The number of benzene rings is 1. The molecule has 2 rings (SSSR count). The van der Waals surface area contributed by atoms with E-state index in [-0.39, 0.29) is 18.9 Å². The second-order valence-electron chi connectivity index (χ2n) is 5.91. The molecule has 0 aromatic heterocycles. The van der Waals surface area contributed by atoms with Crippen LogP contribution in [0.15, 0.2) is 30.3 Å². The number of nitrogens with zero attached hydrogens (tertiary/aromatic N) is 1. The van der Waals surface area contributed by atoms with Gasteiger partial charge in [-0.15, -0.1) is 0 Å². The molecule has 0 aliphatic carbocycles. The van der Waals surface area contributed by atoms with Crippen LogP contribution < -0.4 is 0 Å². The van der Waals surface area contributed by atoms with Gasteiger partial charge in [-0.25, -0.2) is 0 Å². The number of likely N-dealkylation sites (tertiary alicyclic amines) is 1. The zero-order valence-corrected chi connectivity index (χ0v) is 13.9. The van der Waals surface area contributed by atoms with Crippen molar-refractivity contribution in [2.75, 3.05) is 33.4 Å². The molecule has 1 aliphatic rings. The Morgan fingerprint density at radius 2 is 2.04 bits per heavy atom. The summed E-state index contributed by atoms with van der Waals surface area (Å²) >= 11 is 0. The fourth-order valence-corrected chi connectivity index (χ4v) is 3.03. The summed E-state index contributed by atoms with van der Waals surface area (Å²) in [6, 6.07) is 10.0. The van der Waals surface area contributed by atoms with Gasteiger partial charge in [0.1, 0.15) is 5.41 Å². The minimum Gasteiger partial charge on any atom is -0.465 e. The number of esters is 1. The van der Waals surface area contributed by atoms with Crippen molar-refractivity contribution in [3.05, 3.63) is 35.9 Å². The second-order valence-corrected chi connectivity index (χ2v) is 5.91. The molecular weight excluding hydrogens is 294 g/mol. The van der Waals surface area contributed by atoms with E-state index in [0.29, 0.717) is 26.0 Å². The molecule has 126 valence electrons. The van der Waals surface area contributed by atoms with Gasteiger partial charge in [0.2, 0.25) is 0 Å². The van der Waals surface area contributed by atoms with E-state index in [2.05, 4.69) is 4.90 Å². The third kappa shape index (κ3) is 4.18. The topological polar surface area (TPSA) is 55.8 Å². The fraction of sp³-hybridized carbons (Fsp3) is 0.556. The molecular formula is C18H25NO4. The van der Waals surface area contributed by atoms with Crippen molar-refractivity contribution in [3.63, 3.8) is 0 Å². The van der Waals surface area contributed by atoms with Crippen LogP contribution in [0.2, 0.25) is 0 Å². The van der Waals surface area contributed by atoms with Gasteiger partial charge in [-0.3, -0.25) is 14.5 Å². The van der Waals surface area contributed by atoms with Gasteiger partial charge in [0.25, 0.3) is 0 Å². The van der Waals surface area contributed by atoms with E-state index in [1.54, 1.807) is 14.0 Å². The minimum absolute atomic E-state index is 0.0600. The van der Waals surface area contributed by atoms with Crippen LogP contribution in [-0.4, -0.2) is 50.1 Å². The highest BCUT2D eigenvalue weighted by Crippen LogP contribution is 2.34. The molecule has 1 heterocycles.